The highest BCUT2D eigenvalue weighted by molar-refractivity contribution is 7.13. The molecule has 6 amide bonds. The number of hydrogen-bond acceptors (Lipinski definition) is 17. The van der Waals surface area contributed by atoms with Crippen LogP contribution >= 0.6 is 11.3 Å². The summed E-state index contributed by atoms with van der Waals surface area (Å²) in [6.07, 6.45) is 7.47. The number of likely N-dealkylation sites (tertiary alicyclic amines) is 3. The van der Waals surface area contributed by atoms with Crippen molar-refractivity contribution in [1.29, 1.82) is 0 Å². The Bertz CT molecular complexity index is 4080. The predicted molar refractivity (Wildman–Crippen MR) is 385 cm³/mol. The lowest BCUT2D eigenvalue weighted by molar-refractivity contribution is -0.145. The summed E-state index contributed by atoms with van der Waals surface area (Å²) in [5.41, 5.74) is 6.01. The van der Waals surface area contributed by atoms with Crippen molar-refractivity contribution in [3.8, 4) is 27.4 Å². The van der Waals surface area contributed by atoms with Gasteiger partial charge in [-0.2, -0.15) is 0 Å². The quantitative estimate of drug-likeness (QED) is 0.0286. The molecule has 3 atom stereocenters. The minimum absolute atomic E-state index is 0.00203. The summed E-state index contributed by atoms with van der Waals surface area (Å²) in [7, 11) is 0. The molecule has 3 saturated heterocycles. The van der Waals surface area contributed by atoms with Gasteiger partial charge in [-0.05, 0) is 158 Å². The van der Waals surface area contributed by atoms with Gasteiger partial charge >= 0.3 is 0 Å². The number of halogens is 2. The van der Waals surface area contributed by atoms with Crippen LogP contribution in [0.3, 0.4) is 0 Å². The number of amides is 6. The van der Waals surface area contributed by atoms with E-state index >= 15 is 9.18 Å². The first-order valence-electron chi connectivity index (χ1n) is 36.2. The van der Waals surface area contributed by atoms with Gasteiger partial charge < -0.3 is 69.5 Å². The number of hydrogen-bond donors (Lipinski definition) is 5. The summed E-state index contributed by atoms with van der Waals surface area (Å²) in [5.74, 6) is -1.82. The zero-order chi connectivity index (χ0) is 72.4. The monoisotopic (exact) mass is 1420 g/mol. The maximum absolute atomic E-state index is 16.0. The van der Waals surface area contributed by atoms with Crippen molar-refractivity contribution in [1.82, 2.24) is 50.2 Å². The first-order valence-corrected chi connectivity index (χ1v) is 37.1. The number of alkyl halides is 1. The molecule has 12 rings (SSSR count). The van der Waals surface area contributed by atoms with Gasteiger partial charge in [0.1, 0.15) is 35.8 Å². The summed E-state index contributed by atoms with van der Waals surface area (Å²) >= 11 is 1.49. The number of carbonyl (C=O) groups excluding carboxylic acids is 6. The van der Waals surface area contributed by atoms with Gasteiger partial charge in [0.25, 0.3) is 11.8 Å². The lowest BCUT2D eigenvalue weighted by Gasteiger charge is -2.48. The highest BCUT2D eigenvalue weighted by atomic mass is 32.1. The lowest BCUT2D eigenvalue weighted by Crippen LogP contribution is -2.59. The maximum Gasteiger partial charge on any atom is 0.258 e. The molecule has 1 spiro atoms. The van der Waals surface area contributed by atoms with Crippen LogP contribution in [-0.2, 0) is 50.1 Å². The molecule has 2 saturated carbocycles. The molecule has 3 aromatic carbocycles. The number of nitrogens with one attached hydrogen (secondary N) is 4. The minimum atomic E-state index is -2.00. The van der Waals surface area contributed by atoms with Gasteiger partial charge in [0, 0.05) is 79.1 Å². The topological polar surface area (TPSA) is 264 Å². The standard InChI is InChI=1S/C76H98F2N12O11S/c1-45(2)82-69(93)55-39-59(57(77)33-47(55)5)84-68-65-60(80-43-89(65)46(3)4)40-58(83-68)49-15-16-56-61(34-49)90(53-36-52(37-53)86-22-11-10-12-23-86)73(97)75(56)20-24-87(25-21-75)64(92)17-26-98-27-28-99-29-30-100-31-32-101-63-35-50(66-48(6)81-44-102-66)13-14-51(63)41-79-70(94)62-38-54(91)42-88(62)71(95)67(74(7,8)9)85-72(96)76(78)18-19-76/h13-16,33-35,39-40,43-46,52-54,62,67,91H,10-12,17-32,36-38,41-42H2,1-9H3,(H,79,94)(H,82,93)(H,83,84)(H,85,96)/t52-,53+,54-,62+,67-/m0/s1. The van der Waals surface area contributed by atoms with E-state index < -0.39 is 58.2 Å². The number of β-amino-alcohol motifs (C(OH)–C–C–N with tert-alkyl or cyclic N) is 1. The number of thiazole rings is 1. The van der Waals surface area contributed by atoms with E-state index in [9.17, 15) is 33.5 Å². The number of pyridine rings is 1. The molecule has 5 N–H and O–H groups in total. The van der Waals surface area contributed by atoms with Crippen molar-refractivity contribution in [2.24, 2.45) is 5.41 Å². The second-order valence-electron chi connectivity index (χ2n) is 30.0. The van der Waals surface area contributed by atoms with Crippen molar-refractivity contribution in [2.75, 3.05) is 89.2 Å². The summed E-state index contributed by atoms with van der Waals surface area (Å²) in [6, 6.07) is 14.8. The fourth-order valence-corrected chi connectivity index (χ4v) is 15.7. The van der Waals surface area contributed by atoms with Crippen LogP contribution in [0.4, 0.5) is 26.0 Å². The van der Waals surface area contributed by atoms with E-state index in [0.29, 0.717) is 83.6 Å². The van der Waals surface area contributed by atoms with E-state index in [1.54, 1.807) is 39.5 Å². The lowest BCUT2D eigenvalue weighted by atomic mass is 9.73. The number of benzene rings is 3. The Morgan fingerprint density at radius 2 is 1.49 bits per heavy atom. The van der Waals surface area contributed by atoms with Crippen LogP contribution in [0.25, 0.3) is 32.7 Å². The van der Waals surface area contributed by atoms with E-state index in [1.165, 1.54) is 47.6 Å². The Morgan fingerprint density at radius 1 is 0.794 bits per heavy atom. The summed E-state index contributed by atoms with van der Waals surface area (Å²) in [4.78, 5) is 106. The number of anilines is 3. The molecule has 102 heavy (non-hydrogen) atoms. The normalized spacial score (nSPS) is 20.5. The molecule has 7 heterocycles. The largest absolute Gasteiger partial charge is 0.491 e. The van der Waals surface area contributed by atoms with Crippen LogP contribution in [-0.4, -0.2) is 196 Å². The van der Waals surface area contributed by atoms with Crippen LogP contribution in [0.2, 0.25) is 0 Å². The molecule has 548 valence electrons. The minimum Gasteiger partial charge on any atom is -0.491 e. The van der Waals surface area contributed by atoms with Crippen molar-refractivity contribution >= 4 is 75.0 Å². The summed E-state index contributed by atoms with van der Waals surface area (Å²) in [6.45, 7) is 21.4. The number of aliphatic hydroxyl groups is 1. The van der Waals surface area contributed by atoms with Crippen LogP contribution in [0.5, 0.6) is 5.75 Å². The number of aryl methyl sites for hydroxylation is 2. The summed E-state index contributed by atoms with van der Waals surface area (Å²) in [5, 5.41) is 22.4. The average molecular weight is 1430 g/mol. The second-order valence-corrected chi connectivity index (χ2v) is 30.8. The molecule has 4 aliphatic heterocycles. The van der Waals surface area contributed by atoms with Gasteiger partial charge in [0.05, 0.1) is 96.9 Å². The second kappa shape index (κ2) is 31.1. The number of ether oxygens (including phenoxy) is 4. The van der Waals surface area contributed by atoms with Crippen LogP contribution in [0.15, 0.2) is 66.4 Å². The molecule has 0 radical (unpaired) electrons. The van der Waals surface area contributed by atoms with Gasteiger partial charge in [0.2, 0.25) is 23.6 Å². The fourth-order valence-electron chi connectivity index (χ4n) is 14.9. The van der Waals surface area contributed by atoms with Crippen LogP contribution in [0.1, 0.15) is 158 Å². The number of carbonyl (C=O) groups is 6. The third-order valence-corrected chi connectivity index (χ3v) is 21.9. The zero-order valence-corrected chi connectivity index (χ0v) is 61.0. The number of fused-ring (bicyclic) bond motifs is 3. The molecular formula is C76H98F2N12O11S. The molecule has 6 aromatic rings. The molecule has 2 aliphatic carbocycles. The molecular weight excluding hydrogens is 1330 g/mol. The van der Waals surface area contributed by atoms with Crippen molar-refractivity contribution < 1.29 is 61.6 Å². The Hall–Kier alpha value is -8.01. The summed E-state index contributed by atoms with van der Waals surface area (Å²) < 4.78 is 56.5. The Kier molecular flexibility index (Phi) is 22.5. The smallest absolute Gasteiger partial charge is 0.258 e. The Labute approximate surface area is 599 Å². The van der Waals surface area contributed by atoms with Gasteiger partial charge in [-0.25, -0.2) is 23.7 Å². The highest BCUT2D eigenvalue weighted by Crippen LogP contribution is 2.53. The maximum atomic E-state index is 16.0. The van der Waals surface area contributed by atoms with Gasteiger partial charge in [-0.1, -0.05) is 51.5 Å². The first-order chi connectivity index (χ1) is 48.8. The molecule has 6 aliphatic rings. The molecule has 23 nitrogen and oxygen atoms in total. The molecule has 0 bridgehead atoms. The molecule has 5 fully saturated rings. The van der Waals surface area contributed by atoms with Gasteiger partial charge in [-0.15, -0.1) is 11.3 Å². The van der Waals surface area contributed by atoms with Crippen molar-refractivity contribution in [2.45, 2.75) is 193 Å². The number of aromatic nitrogens is 4. The van der Waals surface area contributed by atoms with Gasteiger partial charge in [0.15, 0.2) is 11.5 Å². The first kappa shape index (κ1) is 73.7. The van der Waals surface area contributed by atoms with Crippen molar-refractivity contribution in [3.63, 3.8) is 0 Å². The molecule has 3 aromatic heterocycles. The van der Waals surface area contributed by atoms with Crippen molar-refractivity contribution in [3.05, 3.63) is 100 Å². The fraction of sp³-hybridized carbons (Fsp3) is 0.566. The Morgan fingerprint density at radius 3 is 2.16 bits per heavy atom. The zero-order valence-electron chi connectivity index (χ0n) is 60.1. The number of rotatable bonds is 28. The number of aliphatic hydroxyl groups excluding tert-OH is 1. The van der Waals surface area contributed by atoms with E-state index in [4.69, 9.17) is 28.9 Å². The van der Waals surface area contributed by atoms with E-state index in [0.717, 1.165) is 58.9 Å². The molecule has 26 heteroatoms. The highest BCUT2D eigenvalue weighted by Gasteiger charge is 2.57. The third kappa shape index (κ3) is 16.0. The number of nitrogens with zero attached hydrogens (tertiary/aromatic N) is 8. The number of imidazole rings is 1. The van der Waals surface area contributed by atoms with Gasteiger partial charge in [-0.3, -0.25) is 28.8 Å². The van der Waals surface area contributed by atoms with Crippen LogP contribution < -0.4 is 30.9 Å². The van der Waals surface area contributed by atoms with E-state index in [-0.39, 0.29) is 120 Å². The predicted octanol–water partition coefficient (Wildman–Crippen LogP) is 9.79. The average Bonchev–Trinajstić information content (AvgIpc) is 1.55. The SMILES string of the molecule is Cc1cc(F)c(Nc2nc(-c3ccc4c(c3)N([C@H]3C[C@@H](N5CCCCC5)C3)C(=O)C43CCN(C(=O)CCOCCOCCOCCOc4cc(-c5scnc5C)ccc4CNC(=O)[C@H]4C[C@H](O)CN4C(=O)[C@H](NC(=O)C4(F)CC4)C(C)(C)C)CC3)cc3ncn(C(C)C)c23)cc1C(=O)NC(C)C. The van der Waals surface area contributed by atoms with Crippen LogP contribution in [0, 0.1) is 25.1 Å². The molecule has 0 unspecified atom stereocenters. The van der Waals surface area contributed by atoms with E-state index in [2.05, 4.69) is 48.2 Å². The number of piperidine rings is 2. The third-order valence-electron chi connectivity index (χ3n) is 20.9. The Balaban J connectivity index is 0.620. The van der Waals surface area contributed by atoms with E-state index in [1.807, 2.05) is 74.4 Å².